The van der Waals surface area contributed by atoms with Crippen molar-refractivity contribution in [1.29, 1.82) is 0 Å². The predicted molar refractivity (Wildman–Crippen MR) is 65.1 cm³/mol. The van der Waals surface area contributed by atoms with Gasteiger partial charge in [-0.2, -0.15) is 0 Å². The number of hydrogen-bond acceptors (Lipinski definition) is 1. The highest BCUT2D eigenvalue weighted by Gasteiger charge is 2.34. The van der Waals surface area contributed by atoms with Crippen molar-refractivity contribution in [1.82, 2.24) is 5.32 Å². The van der Waals surface area contributed by atoms with E-state index < -0.39 is 40.6 Å². The van der Waals surface area contributed by atoms with Gasteiger partial charge in [-0.3, -0.25) is 4.79 Å². The summed E-state index contributed by atoms with van der Waals surface area (Å²) in [7, 11) is 0. The first-order valence-corrected chi connectivity index (χ1v) is 6.46. The Morgan fingerprint density at radius 3 is 1.90 bits per heavy atom. The zero-order valence-corrected chi connectivity index (χ0v) is 11.5. The zero-order chi connectivity index (χ0) is 15.9. The lowest BCUT2D eigenvalue weighted by Gasteiger charge is -2.18. The van der Waals surface area contributed by atoms with E-state index in [9.17, 15) is 26.7 Å². The first-order chi connectivity index (χ1) is 9.64. The van der Waals surface area contributed by atoms with Gasteiger partial charge < -0.3 is 5.32 Å². The Balaban J connectivity index is 2.28. The molecule has 1 aliphatic rings. The van der Waals surface area contributed by atoms with E-state index >= 15 is 0 Å². The summed E-state index contributed by atoms with van der Waals surface area (Å²) < 4.78 is 66.0. The van der Waals surface area contributed by atoms with Crippen LogP contribution in [0.15, 0.2) is 0 Å². The third-order valence-corrected chi connectivity index (χ3v) is 3.74. The highest BCUT2D eigenvalue weighted by Crippen LogP contribution is 2.37. The van der Waals surface area contributed by atoms with Gasteiger partial charge in [0.15, 0.2) is 23.3 Å². The second-order valence-electron chi connectivity index (χ2n) is 6.02. The predicted octanol–water partition coefficient (Wildman–Crippen LogP) is 3.69. The third kappa shape index (κ3) is 2.87. The van der Waals surface area contributed by atoms with Gasteiger partial charge in [-0.15, -0.1) is 0 Å². The highest BCUT2D eigenvalue weighted by molar-refractivity contribution is 5.95. The number of carbonyl (C=O) groups excluding carboxylic acids is 1. The van der Waals surface area contributed by atoms with Crippen molar-refractivity contribution in [3.63, 3.8) is 0 Å². The molecule has 1 fully saturated rings. The maximum atomic E-state index is 13.5. The van der Waals surface area contributed by atoms with E-state index in [1.54, 1.807) is 0 Å². The number of rotatable bonds is 2. The van der Waals surface area contributed by atoms with Crippen LogP contribution in [0.1, 0.15) is 43.5 Å². The number of halogens is 5. The molecule has 1 amide bonds. The van der Waals surface area contributed by atoms with Crippen LogP contribution in [0.3, 0.4) is 0 Å². The molecule has 0 bridgehead atoms. The van der Waals surface area contributed by atoms with Crippen molar-refractivity contribution in [3.8, 4) is 0 Å². The highest BCUT2D eigenvalue weighted by atomic mass is 19.2. The molecule has 1 atom stereocenters. The SMILES string of the molecule is CC1(C)CCC(NC(=O)c2c(F)c(F)c(F)c(F)c2F)C1. The quantitative estimate of drug-likeness (QED) is 0.504. The Bertz CT molecular complexity index is 571. The van der Waals surface area contributed by atoms with Gasteiger partial charge in [0.05, 0.1) is 0 Å². The Labute approximate surface area is 118 Å². The molecule has 0 spiro atoms. The van der Waals surface area contributed by atoms with Gasteiger partial charge in [-0.1, -0.05) is 13.8 Å². The lowest BCUT2D eigenvalue weighted by atomic mass is 9.92. The Kier molecular flexibility index (Phi) is 3.95. The summed E-state index contributed by atoms with van der Waals surface area (Å²) >= 11 is 0. The minimum absolute atomic E-state index is 0.0334. The zero-order valence-electron chi connectivity index (χ0n) is 11.5. The van der Waals surface area contributed by atoms with E-state index in [4.69, 9.17) is 0 Å². The number of hydrogen-bond donors (Lipinski definition) is 1. The minimum Gasteiger partial charge on any atom is -0.349 e. The molecule has 1 aliphatic carbocycles. The van der Waals surface area contributed by atoms with Crippen LogP contribution in [-0.2, 0) is 0 Å². The molecule has 0 aromatic heterocycles. The van der Waals surface area contributed by atoms with E-state index in [2.05, 4.69) is 5.32 Å². The Morgan fingerprint density at radius 2 is 1.48 bits per heavy atom. The summed E-state index contributed by atoms with van der Waals surface area (Å²) in [6.45, 7) is 3.94. The van der Waals surface area contributed by atoms with E-state index in [0.717, 1.165) is 6.42 Å². The first-order valence-electron chi connectivity index (χ1n) is 6.46. The van der Waals surface area contributed by atoms with Crippen molar-refractivity contribution >= 4 is 5.91 Å². The van der Waals surface area contributed by atoms with Crippen LogP contribution >= 0.6 is 0 Å². The molecule has 2 rings (SSSR count). The van der Waals surface area contributed by atoms with Crippen LogP contribution in [0.4, 0.5) is 22.0 Å². The second kappa shape index (κ2) is 5.27. The molecule has 0 saturated heterocycles. The fourth-order valence-electron chi connectivity index (χ4n) is 2.62. The van der Waals surface area contributed by atoms with Gasteiger partial charge in [0.25, 0.3) is 5.91 Å². The van der Waals surface area contributed by atoms with Crippen LogP contribution < -0.4 is 5.32 Å². The Hall–Kier alpha value is -1.66. The van der Waals surface area contributed by atoms with Gasteiger partial charge in [-0.25, -0.2) is 22.0 Å². The van der Waals surface area contributed by atoms with E-state index in [-0.39, 0.29) is 11.5 Å². The maximum Gasteiger partial charge on any atom is 0.257 e. The molecule has 0 aliphatic heterocycles. The lowest BCUT2D eigenvalue weighted by Crippen LogP contribution is -2.35. The van der Waals surface area contributed by atoms with Gasteiger partial charge in [0.2, 0.25) is 5.82 Å². The molecule has 116 valence electrons. The average molecular weight is 307 g/mol. The third-order valence-electron chi connectivity index (χ3n) is 3.74. The second-order valence-corrected chi connectivity index (χ2v) is 6.02. The summed E-state index contributed by atoms with van der Waals surface area (Å²) in [5.74, 6) is -12.0. The van der Waals surface area contributed by atoms with Crippen LogP contribution in [0.2, 0.25) is 0 Å². The summed E-state index contributed by atoms with van der Waals surface area (Å²) in [6.07, 6.45) is 1.97. The van der Waals surface area contributed by atoms with Crippen molar-refractivity contribution in [2.45, 2.75) is 39.2 Å². The summed E-state index contributed by atoms with van der Waals surface area (Å²) in [6, 6.07) is -0.345. The summed E-state index contributed by atoms with van der Waals surface area (Å²) in [5, 5.41) is 2.33. The normalized spacial score (nSPS) is 20.6. The molecule has 1 saturated carbocycles. The van der Waals surface area contributed by atoms with E-state index in [1.165, 1.54) is 0 Å². The summed E-state index contributed by atoms with van der Waals surface area (Å²) in [5.41, 5.74) is -1.47. The van der Waals surface area contributed by atoms with Crippen LogP contribution in [-0.4, -0.2) is 11.9 Å². The number of nitrogens with one attached hydrogen (secondary N) is 1. The first kappa shape index (κ1) is 15.7. The van der Waals surface area contributed by atoms with E-state index in [1.807, 2.05) is 13.8 Å². The van der Waals surface area contributed by atoms with Gasteiger partial charge >= 0.3 is 0 Å². The van der Waals surface area contributed by atoms with Gasteiger partial charge in [-0.05, 0) is 24.7 Å². The number of carbonyl (C=O) groups is 1. The van der Waals surface area contributed by atoms with Crippen LogP contribution in [0, 0.1) is 34.5 Å². The molecule has 0 heterocycles. The largest absolute Gasteiger partial charge is 0.349 e. The molecule has 21 heavy (non-hydrogen) atoms. The topological polar surface area (TPSA) is 29.1 Å². The fourth-order valence-corrected chi connectivity index (χ4v) is 2.62. The monoisotopic (exact) mass is 307 g/mol. The molecule has 0 radical (unpaired) electrons. The molecule has 1 aromatic carbocycles. The standard InChI is InChI=1S/C14H14F5NO/c1-14(2)4-3-6(5-14)20-13(21)7-8(15)10(17)12(19)11(18)9(7)16/h6H,3-5H2,1-2H3,(H,20,21). The fraction of sp³-hybridized carbons (Fsp3) is 0.500. The van der Waals surface area contributed by atoms with Crippen molar-refractivity contribution < 1.29 is 26.7 Å². The molecular weight excluding hydrogens is 293 g/mol. The van der Waals surface area contributed by atoms with Gasteiger partial charge in [0, 0.05) is 6.04 Å². The molecule has 7 heteroatoms. The average Bonchev–Trinajstić information content (AvgIpc) is 2.73. The minimum atomic E-state index is -2.27. The maximum absolute atomic E-state index is 13.5. The van der Waals surface area contributed by atoms with Crippen molar-refractivity contribution in [2.75, 3.05) is 0 Å². The molecule has 1 unspecified atom stereocenters. The Morgan fingerprint density at radius 1 is 1.00 bits per heavy atom. The number of benzene rings is 1. The lowest BCUT2D eigenvalue weighted by molar-refractivity contribution is 0.0924. The smallest absolute Gasteiger partial charge is 0.257 e. The van der Waals surface area contributed by atoms with E-state index in [0.29, 0.717) is 12.8 Å². The molecule has 1 aromatic rings. The van der Waals surface area contributed by atoms with Crippen LogP contribution in [0.25, 0.3) is 0 Å². The van der Waals surface area contributed by atoms with Crippen molar-refractivity contribution in [2.24, 2.45) is 5.41 Å². The van der Waals surface area contributed by atoms with Gasteiger partial charge in [0.1, 0.15) is 5.56 Å². The number of amides is 1. The molecule has 2 nitrogen and oxygen atoms in total. The van der Waals surface area contributed by atoms with Crippen molar-refractivity contribution in [3.05, 3.63) is 34.6 Å². The van der Waals surface area contributed by atoms with Crippen LogP contribution in [0.5, 0.6) is 0 Å². The molecule has 1 N–H and O–H groups in total. The molecular formula is C14H14F5NO. The summed E-state index contributed by atoms with van der Waals surface area (Å²) in [4.78, 5) is 11.8.